The highest BCUT2D eigenvalue weighted by atomic mass is 15.0. The fourth-order valence-corrected chi connectivity index (χ4v) is 3.35. The van der Waals surface area contributed by atoms with Gasteiger partial charge in [0, 0.05) is 18.6 Å². The summed E-state index contributed by atoms with van der Waals surface area (Å²) in [6, 6.07) is 1.53. The summed E-state index contributed by atoms with van der Waals surface area (Å²) in [6.45, 7) is 7.21. The van der Waals surface area contributed by atoms with E-state index in [9.17, 15) is 0 Å². The Morgan fingerprint density at radius 2 is 1.87 bits per heavy atom. The molecule has 0 bridgehead atoms. The molecule has 0 radical (unpaired) electrons. The molecule has 2 nitrogen and oxygen atoms in total. The molecule has 88 valence electrons. The second-order valence-electron chi connectivity index (χ2n) is 5.82. The van der Waals surface area contributed by atoms with E-state index in [2.05, 4.69) is 24.5 Å². The molecule has 1 saturated heterocycles. The van der Waals surface area contributed by atoms with Gasteiger partial charge < -0.3 is 10.6 Å². The predicted octanol–water partition coefficient (Wildman–Crippen LogP) is 2.15. The third-order valence-electron chi connectivity index (χ3n) is 3.99. The lowest BCUT2D eigenvalue weighted by molar-refractivity contribution is 0.236. The summed E-state index contributed by atoms with van der Waals surface area (Å²) >= 11 is 0. The van der Waals surface area contributed by atoms with Gasteiger partial charge in [-0.05, 0) is 50.5 Å². The lowest BCUT2D eigenvalue weighted by Gasteiger charge is -2.32. The molecule has 3 unspecified atom stereocenters. The molecule has 1 saturated carbocycles. The Hall–Kier alpha value is -0.0800. The first-order chi connectivity index (χ1) is 7.24. The molecule has 2 heteroatoms. The number of rotatable bonds is 3. The van der Waals surface area contributed by atoms with Crippen LogP contribution in [0.4, 0.5) is 0 Å². The molecule has 2 rings (SSSR count). The molecule has 1 aliphatic heterocycles. The molecule has 0 aromatic heterocycles. The zero-order chi connectivity index (χ0) is 10.7. The van der Waals surface area contributed by atoms with Crippen molar-refractivity contribution < 1.29 is 0 Å². The fraction of sp³-hybridized carbons (Fsp3) is 1.00. The Morgan fingerprint density at radius 1 is 1.13 bits per heavy atom. The van der Waals surface area contributed by atoms with E-state index in [4.69, 9.17) is 0 Å². The van der Waals surface area contributed by atoms with Crippen LogP contribution >= 0.6 is 0 Å². The molecule has 2 fully saturated rings. The molecule has 0 amide bonds. The zero-order valence-corrected chi connectivity index (χ0v) is 10.3. The van der Waals surface area contributed by atoms with Crippen molar-refractivity contribution in [2.24, 2.45) is 11.8 Å². The van der Waals surface area contributed by atoms with E-state index in [0.29, 0.717) is 0 Å². The lowest BCUT2D eigenvalue weighted by Crippen LogP contribution is -2.42. The standard InChI is InChI=1S/C13H26N2/c1-10-6-11(2)8-13(7-10)15-9-12-4-3-5-14-12/h10-15H,3-9H2,1-2H3. The maximum atomic E-state index is 3.76. The molecule has 2 N–H and O–H groups in total. The number of nitrogens with one attached hydrogen (secondary N) is 2. The topological polar surface area (TPSA) is 24.1 Å². The van der Waals surface area contributed by atoms with Gasteiger partial charge in [-0.1, -0.05) is 13.8 Å². The summed E-state index contributed by atoms with van der Waals surface area (Å²) in [6.07, 6.45) is 6.93. The van der Waals surface area contributed by atoms with Crippen LogP contribution in [0.5, 0.6) is 0 Å². The van der Waals surface area contributed by atoms with Gasteiger partial charge in [-0.15, -0.1) is 0 Å². The number of hydrogen-bond acceptors (Lipinski definition) is 2. The minimum absolute atomic E-state index is 0.748. The molecule has 1 aliphatic carbocycles. The van der Waals surface area contributed by atoms with E-state index < -0.39 is 0 Å². The van der Waals surface area contributed by atoms with Gasteiger partial charge in [0.05, 0.1) is 0 Å². The average molecular weight is 210 g/mol. The van der Waals surface area contributed by atoms with Crippen molar-refractivity contribution in [2.45, 2.75) is 58.0 Å². The van der Waals surface area contributed by atoms with Crippen molar-refractivity contribution in [1.82, 2.24) is 10.6 Å². The fourth-order valence-electron chi connectivity index (χ4n) is 3.35. The molecular weight excluding hydrogens is 184 g/mol. The van der Waals surface area contributed by atoms with E-state index in [1.807, 2.05) is 0 Å². The Kier molecular flexibility index (Phi) is 4.04. The summed E-state index contributed by atoms with van der Waals surface area (Å²) in [5, 5.41) is 7.32. The third-order valence-corrected chi connectivity index (χ3v) is 3.99. The third kappa shape index (κ3) is 3.46. The second-order valence-corrected chi connectivity index (χ2v) is 5.82. The van der Waals surface area contributed by atoms with E-state index in [0.717, 1.165) is 23.9 Å². The monoisotopic (exact) mass is 210 g/mol. The van der Waals surface area contributed by atoms with E-state index in [1.165, 1.54) is 45.2 Å². The van der Waals surface area contributed by atoms with Crippen molar-refractivity contribution in [3.63, 3.8) is 0 Å². The van der Waals surface area contributed by atoms with Crippen molar-refractivity contribution >= 4 is 0 Å². The van der Waals surface area contributed by atoms with Gasteiger partial charge in [0.1, 0.15) is 0 Å². The summed E-state index contributed by atoms with van der Waals surface area (Å²) in [5.41, 5.74) is 0. The first-order valence-corrected chi connectivity index (χ1v) is 6.71. The summed E-state index contributed by atoms with van der Waals surface area (Å²) in [5.74, 6) is 1.84. The quantitative estimate of drug-likeness (QED) is 0.746. The number of hydrogen-bond donors (Lipinski definition) is 2. The predicted molar refractivity (Wildman–Crippen MR) is 65.0 cm³/mol. The summed E-state index contributed by atoms with van der Waals surface area (Å²) in [7, 11) is 0. The molecule has 0 aromatic rings. The Labute approximate surface area is 94.2 Å². The highest BCUT2D eigenvalue weighted by molar-refractivity contribution is 4.83. The van der Waals surface area contributed by atoms with Crippen molar-refractivity contribution in [3.8, 4) is 0 Å². The highest BCUT2D eigenvalue weighted by Gasteiger charge is 2.24. The van der Waals surface area contributed by atoms with Crippen LogP contribution in [-0.4, -0.2) is 25.2 Å². The highest BCUT2D eigenvalue weighted by Crippen LogP contribution is 2.28. The zero-order valence-electron chi connectivity index (χ0n) is 10.3. The van der Waals surface area contributed by atoms with Crippen LogP contribution in [-0.2, 0) is 0 Å². The van der Waals surface area contributed by atoms with Gasteiger partial charge in [0.2, 0.25) is 0 Å². The maximum absolute atomic E-state index is 3.76. The van der Waals surface area contributed by atoms with Crippen LogP contribution in [0.15, 0.2) is 0 Å². The van der Waals surface area contributed by atoms with E-state index in [-0.39, 0.29) is 0 Å². The van der Waals surface area contributed by atoms with Crippen LogP contribution in [0.1, 0.15) is 46.0 Å². The first-order valence-electron chi connectivity index (χ1n) is 6.71. The molecular formula is C13H26N2. The Balaban J connectivity index is 1.69. The minimum atomic E-state index is 0.748. The molecule has 15 heavy (non-hydrogen) atoms. The van der Waals surface area contributed by atoms with Crippen LogP contribution in [0.3, 0.4) is 0 Å². The van der Waals surface area contributed by atoms with E-state index >= 15 is 0 Å². The van der Waals surface area contributed by atoms with Crippen molar-refractivity contribution in [2.75, 3.05) is 13.1 Å². The average Bonchev–Trinajstić information content (AvgIpc) is 2.65. The van der Waals surface area contributed by atoms with Crippen molar-refractivity contribution in [1.29, 1.82) is 0 Å². The summed E-state index contributed by atoms with van der Waals surface area (Å²) in [4.78, 5) is 0. The molecule has 2 aliphatic rings. The summed E-state index contributed by atoms with van der Waals surface area (Å²) < 4.78 is 0. The molecule has 0 spiro atoms. The minimum Gasteiger partial charge on any atom is -0.313 e. The smallest absolute Gasteiger partial charge is 0.0193 e. The Morgan fingerprint density at radius 3 is 2.47 bits per heavy atom. The maximum Gasteiger partial charge on any atom is 0.0193 e. The Bertz CT molecular complexity index is 177. The second kappa shape index (κ2) is 5.31. The van der Waals surface area contributed by atoms with Crippen molar-refractivity contribution in [3.05, 3.63) is 0 Å². The SMILES string of the molecule is CC1CC(C)CC(NCC2CCCN2)C1. The molecule has 1 heterocycles. The van der Waals surface area contributed by atoms with Crippen LogP contribution < -0.4 is 10.6 Å². The van der Waals surface area contributed by atoms with Gasteiger partial charge in [0.25, 0.3) is 0 Å². The van der Waals surface area contributed by atoms with Gasteiger partial charge in [-0.25, -0.2) is 0 Å². The van der Waals surface area contributed by atoms with E-state index in [1.54, 1.807) is 0 Å². The van der Waals surface area contributed by atoms with Gasteiger partial charge in [0.15, 0.2) is 0 Å². The normalized spacial score (nSPS) is 42.0. The van der Waals surface area contributed by atoms with Crippen LogP contribution in [0.2, 0.25) is 0 Å². The molecule has 0 aromatic carbocycles. The van der Waals surface area contributed by atoms with Gasteiger partial charge >= 0.3 is 0 Å². The molecule has 3 atom stereocenters. The lowest BCUT2D eigenvalue weighted by atomic mass is 9.80. The largest absolute Gasteiger partial charge is 0.313 e. The van der Waals surface area contributed by atoms with Crippen LogP contribution in [0, 0.1) is 11.8 Å². The van der Waals surface area contributed by atoms with Crippen LogP contribution in [0.25, 0.3) is 0 Å². The first kappa shape index (κ1) is 11.4. The van der Waals surface area contributed by atoms with Gasteiger partial charge in [-0.2, -0.15) is 0 Å². The van der Waals surface area contributed by atoms with Gasteiger partial charge in [-0.3, -0.25) is 0 Å².